The van der Waals surface area contributed by atoms with Crippen molar-refractivity contribution < 1.29 is 19.4 Å². The fraction of sp³-hybridized carbons (Fsp3) is 0.385. The molecule has 1 fully saturated rings. The summed E-state index contributed by atoms with van der Waals surface area (Å²) in [4.78, 5) is 24.2. The minimum atomic E-state index is -0.909. The Balaban J connectivity index is 2.33. The Labute approximate surface area is 105 Å². The lowest BCUT2D eigenvalue weighted by atomic mass is 10.1. The molecule has 1 heterocycles. The molecule has 0 aliphatic carbocycles. The van der Waals surface area contributed by atoms with Crippen molar-refractivity contribution in [3.8, 4) is 0 Å². The molecular weight excluding hydrogens is 234 g/mol. The molecule has 1 saturated heterocycles. The number of ether oxygens (including phenoxy) is 1. The monoisotopic (exact) mass is 249 g/mol. The van der Waals surface area contributed by atoms with Gasteiger partial charge in [-0.25, -0.2) is 4.79 Å². The van der Waals surface area contributed by atoms with Gasteiger partial charge < -0.3 is 9.84 Å². The van der Waals surface area contributed by atoms with E-state index in [4.69, 9.17) is 9.84 Å². The van der Waals surface area contributed by atoms with Crippen LogP contribution in [0.2, 0.25) is 0 Å². The molecule has 0 aromatic heterocycles. The first-order chi connectivity index (χ1) is 8.59. The number of carbonyl (C=O) groups excluding carboxylic acids is 1. The van der Waals surface area contributed by atoms with Crippen LogP contribution < -0.4 is 4.90 Å². The first-order valence-corrected chi connectivity index (χ1v) is 5.83. The van der Waals surface area contributed by atoms with Gasteiger partial charge in [-0.2, -0.15) is 0 Å². The second-order valence-corrected chi connectivity index (χ2v) is 4.31. The van der Waals surface area contributed by atoms with Gasteiger partial charge in [-0.15, -0.1) is 0 Å². The highest BCUT2D eigenvalue weighted by Gasteiger charge is 2.33. The van der Waals surface area contributed by atoms with Gasteiger partial charge >= 0.3 is 12.1 Å². The highest BCUT2D eigenvalue weighted by Crippen LogP contribution is 2.27. The third-order valence-electron chi connectivity index (χ3n) is 3.02. The summed E-state index contributed by atoms with van der Waals surface area (Å²) in [6.45, 7) is 2.16. The number of hydrogen-bond acceptors (Lipinski definition) is 3. The van der Waals surface area contributed by atoms with E-state index in [1.807, 2.05) is 25.1 Å². The number of amides is 1. The van der Waals surface area contributed by atoms with Crippen LogP contribution >= 0.6 is 0 Å². The molecule has 1 aliphatic heterocycles. The number of carboxylic acids is 1. The van der Waals surface area contributed by atoms with Crippen LogP contribution in [0.25, 0.3) is 0 Å². The first kappa shape index (κ1) is 12.4. The van der Waals surface area contributed by atoms with Crippen molar-refractivity contribution in [1.29, 1.82) is 0 Å². The number of aryl methyl sites for hydroxylation is 1. The van der Waals surface area contributed by atoms with Crippen LogP contribution in [0.3, 0.4) is 0 Å². The van der Waals surface area contributed by atoms with Gasteiger partial charge in [-0.3, -0.25) is 9.69 Å². The minimum Gasteiger partial charge on any atom is -0.481 e. The van der Waals surface area contributed by atoms with E-state index in [1.165, 1.54) is 4.90 Å². The van der Waals surface area contributed by atoms with Crippen LogP contribution in [0.15, 0.2) is 24.3 Å². The van der Waals surface area contributed by atoms with Crippen LogP contribution in [0, 0.1) is 6.92 Å². The third-order valence-corrected chi connectivity index (χ3v) is 3.02. The number of cyclic esters (lactones) is 1. The number of benzene rings is 1. The SMILES string of the molecule is Cc1ccccc1N1C(=O)OCCC1CC(=O)O. The lowest BCUT2D eigenvalue weighted by Crippen LogP contribution is -2.47. The Bertz CT molecular complexity index is 472. The summed E-state index contributed by atoms with van der Waals surface area (Å²) in [7, 11) is 0. The number of hydrogen-bond donors (Lipinski definition) is 1. The average molecular weight is 249 g/mol. The maximum atomic E-state index is 11.8. The number of nitrogens with zero attached hydrogens (tertiary/aromatic N) is 1. The van der Waals surface area contributed by atoms with Gasteiger partial charge in [0.25, 0.3) is 0 Å². The molecule has 5 heteroatoms. The van der Waals surface area contributed by atoms with E-state index >= 15 is 0 Å². The predicted molar refractivity (Wildman–Crippen MR) is 65.7 cm³/mol. The van der Waals surface area contributed by atoms with Gasteiger partial charge in [0.05, 0.1) is 24.8 Å². The molecule has 1 amide bonds. The number of rotatable bonds is 3. The van der Waals surface area contributed by atoms with Crippen molar-refractivity contribution in [3.05, 3.63) is 29.8 Å². The van der Waals surface area contributed by atoms with Gasteiger partial charge in [-0.1, -0.05) is 18.2 Å². The Morgan fingerprint density at radius 3 is 2.89 bits per heavy atom. The molecule has 18 heavy (non-hydrogen) atoms. The number of para-hydroxylation sites is 1. The van der Waals surface area contributed by atoms with Crippen LogP contribution in [0.4, 0.5) is 10.5 Å². The molecule has 5 nitrogen and oxygen atoms in total. The van der Waals surface area contributed by atoms with Crippen LogP contribution in [-0.2, 0) is 9.53 Å². The second-order valence-electron chi connectivity index (χ2n) is 4.31. The minimum absolute atomic E-state index is 0.0660. The summed E-state index contributed by atoms with van der Waals surface area (Å²) in [5.74, 6) is -0.909. The molecule has 1 unspecified atom stereocenters. The largest absolute Gasteiger partial charge is 0.481 e. The lowest BCUT2D eigenvalue weighted by molar-refractivity contribution is -0.137. The standard InChI is InChI=1S/C13H15NO4/c1-9-4-2-3-5-11(9)14-10(8-12(15)16)6-7-18-13(14)17/h2-5,10H,6-8H2,1H3,(H,15,16). The summed E-state index contributed by atoms with van der Waals surface area (Å²) < 4.78 is 5.01. The molecular formula is C13H15NO4. The predicted octanol–water partition coefficient (Wildman–Crippen LogP) is 2.19. The van der Waals surface area contributed by atoms with Crippen molar-refractivity contribution >= 4 is 17.7 Å². The van der Waals surface area contributed by atoms with E-state index in [0.29, 0.717) is 12.1 Å². The summed E-state index contributed by atoms with van der Waals surface area (Å²) in [5.41, 5.74) is 1.64. The smallest absolute Gasteiger partial charge is 0.414 e. The third kappa shape index (κ3) is 2.45. The maximum absolute atomic E-state index is 11.8. The van der Waals surface area contributed by atoms with E-state index in [9.17, 15) is 9.59 Å². The molecule has 1 aromatic carbocycles. The molecule has 0 spiro atoms. The van der Waals surface area contributed by atoms with Gasteiger partial charge in [0.15, 0.2) is 0 Å². The molecule has 0 bridgehead atoms. The van der Waals surface area contributed by atoms with Gasteiger partial charge in [0, 0.05) is 6.42 Å². The summed E-state index contributed by atoms with van der Waals surface area (Å²) in [6.07, 6.45) is -0.00249. The van der Waals surface area contributed by atoms with E-state index in [1.54, 1.807) is 6.07 Å². The Hall–Kier alpha value is -2.04. The molecule has 1 N–H and O–H groups in total. The normalized spacial score (nSPS) is 19.5. The second kappa shape index (κ2) is 5.08. The van der Waals surface area contributed by atoms with Crippen LogP contribution in [0.1, 0.15) is 18.4 Å². The Morgan fingerprint density at radius 1 is 1.50 bits per heavy atom. The van der Waals surface area contributed by atoms with Crippen molar-refractivity contribution in [3.63, 3.8) is 0 Å². The topological polar surface area (TPSA) is 66.8 Å². The molecule has 96 valence electrons. The quantitative estimate of drug-likeness (QED) is 0.891. The lowest BCUT2D eigenvalue weighted by Gasteiger charge is -2.34. The van der Waals surface area contributed by atoms with Crippen molar-refractivity contribution in [2.24, 2.45) is 0 Å². The Morgan fingerprint density at radius 2 is 2.22 bits per heavy atom. The fourth-order valence-corrected chi connectivity index (χ4v) is 2.15. The Kier molecular flexibility index (Phi) is 3.50. The van der Waals surface area contributed by atoms with E-state index < -0.39 is 12.1 Å². The molecule has 2 rings (SSSR count). The molecule has 1 aromatic rings. The van der Waals surface area contributed by atoms with Crippen molar-refractivity contribution in [2.45, 2.75) is 25.8 Å². The summed E-state index contributed by atoms with van der Waals surface area (Å²) in [6, 6.07) is 7.04. The van der Waals surface area contributed by atoms with Crippen LogP contribution in [-0.4, -0.2) is 29.8 Å². The van der Waals surface area contributed by atoms with E-state index in [0.717, 1.165) is 5.56 Å². The number of anilines is 1. The molecule has 1 atom stereocenters. The molecule has 1 aliphatic rings. The van der Waals surface area contributed by atoms with Crippen molar-refractivity contribution in [1.82, 2.24) is 0 Å². The van der Waals surface area contributed by atoms with Gasteiger partial charge in [0.1, 0.15) is 0 Å². The van der Waals surface area contributed by atoms with Gasteiger partial charge in [-0.05, 0) is 18.6 Å². The first-order valence-electron chi connectivity index (χ1n) is 5.83. The number of carboxylic acid groups (broad SMARTS) is 1. The van der Waals surface area contributed by atoms with Crippen LogP contribution in [0.5, 0.6) is 0 Å². The zero-order valence-corrected chi connectivity index (χ0v) is 10.1. The van der Waals surface area contributed by atoms with Crippen molar-refractivity contribution in [2.75, 3.05) is 11.5 Å². The zero-order valence-electron chi connectivity index (χ0n) is 10.1. The fourth-order valence-electron chi connectivity index (χ4n) is 2.15. The van der Waals surface area contributed by atoms with E-state index in [2.05, 4.69) is 0 Å². The summed E-state index contributed by atoms with van der Waals surface area (Å²) >= 11 is 0. The maximum Gasteiger partial charge on any atom is 0.414 e. The van der Waals surface area contributed by atoms with Gasteiger partial charge in [0.2, 0.25) is 0 Å². The highest BCUT2D eigenvalue weighted by atomic mass is 16.6. The summed E-state index contributed by atoms with van der Waals surface area (Å²) in [5, 5.41) is 8.91. The average Bonchev–Trinajstić information content (AvgIpc) is 2.30. The number of carbonyl (C=O) groups is 2. The molecule has 0 saturated carbocycles. The number of aliphatic carboxylic acids is 1. The highest BCUT2D eigenvalue weighted by molar-refractivity contribution is 5.90. The zero-order chi connectivity index (χ0) is 13.1. The molecule has 0 radical (unpaired) electrons. The van der Waals surface area contributed by atoms with E-state index in [-0.39, 0.29) is 19.1 Å².